The van der Waals surface area contributed by atoms with E-state index in [0.717, 1.165) is 58.1 Å². The lowest BCUT2D eigenvalue weighted by Gasteiger charge is -2.47. The molecule has 1 aliphatic heterocycles. The van der Waals surface area contributed by atoms with Crippen LogP contribution in [0.5, 0.6) is 0 Å². The number of nitrogens with zero attached hydrogens (tertiary/aromatic N) is 2. The maximum Gasteiger partial charge on any atom is 0.147 e. The number of nitrogens with one attached hydrogen (secondary N) is 2. The second kappa shape index (κ2) is 5.72. The van der Waals surface area contributed by atoms with Crippen molar-refractivity contribution in [2.75, 3.05) is 5.32 Å². The normalized spacial score (nSPS) is 16.3. The fourth-order valence-electron chi connectivity index (χ4n) is 5.31. The topological polar surface area (TPSA) is 45.6 Å². The summed E-state index contributed by atoms with van der Waals surface area (Å²) in [6.07, 6.45) is 6.82. The van der Waals surface area contributed by atoms with Crippen LogP contribution in [-0.4, -0.2) is 14.8 Å². The number of anilines is 1. The molecular weight excluding hydrogens is 382 g/mol. The summed E-state index contributed by atoms with van der Waals surface area (Å²) in [5, 5.41) is 8.83. The molecule has 2 aromatic carbocycles. The molecular formula is C24H22F2N4. The molecule has 0 radical (unpaired) electrons. The van der Waals surface area contributed by atoms with Gasteiger partial charge in [-0.3, -0.25) is 4.68 Å². The Morgan fingerprint density at radius 2 is 1.90 bits per heavy atom. The van der Waals surface area contributed by atoms with Crippen LogP contribution in [0.1, 0.15) is 36.0 Å². The second-order valence-corrected chi connectivity index (χ2v) is 8.72. The number of rotatable bonds is 1. The highest BCUT2D eigenvalue weighted by atomic mass is 19.1. The van der Waals surface area contributed by atoms with Crippen LogP contribution >= 0.6 is 0 Å². The van der Waals surface area contributed by atoms with Crippen LogP contribution in [-0.2, 0) is 12.6 Å². The van der Waals surface area contributed by atoms with Gasteiger partial charge in [0.2, 0.25) is 0 Å². The highest BCUT2D eigenvalue weighted by molar-refractivity contribution is 5.99. The Kier molecular flexibility index (Phi) is 3.37. The molecule has 0 amide bonds. The van der Waals surface area contributed by atoms with Crippen molar-refractivity contribution in [1.29, 1.82) is 0 Å². The number of hydrogen-bond donors (Lipinski definition) is 2. The highest BCUT2D eigenvalue weighted by Crippen LogP contribution is 2.55. The maximum atomic E-state index is 15.5. The van der Waals surface area contributed by atoms with Gasteiger partial charge in [0.25, 0.3) is 0 Å². The quantitative estimate of drug-likeness (QED) is 0.413. The van der Waals surface area contributed by atoms with Gasteiger partial charge in [-0.25, -0.2) is 8.78 Å². The number of benzene rings is 2. The van der Waals surface area contributed by atoms with Crippen LogP contribution in [0.2, 0.25) is 0 Å². The van der Waals surface area contributed by atoms with Crippen LogP contribution in [0.3, 0.4) is 0 Å². The summed E-state index contributed by atoms with van der Waals surface area (Å²) < 4.78 is 31.9. The Morgan fingerprint density at radius 1 is 1.10 bits per heavy atom. The van der Waals surface area contributed by atoms with Crippen LogP contribution in [0.25, 0.3) is 33.3 Å². The van der Waals surface area contributed by atoms with E-state index in [2.05, 4.69) is 15.4 Å². The minimum Gasteiger partial charge on any atom is -0.372 e. The summed E-state index contributed by atoms with van der Waals surface area (Å²) in [5.41, 5.74) is 7.26. The van der Waals surface area contributed by atoms with E-state index in [1.807, 2.05) is 38.0 Å². The van der Waals surface area contributed by atoms with E-state index in [-0.39, 0.29) is 17.2 Å². The summed E-state index contributed by atoms with van der Waals surface area (Å²) in [6.45, 7) is 3.92. The lowest BCUT2D eigenvalue weighted by Crippen LogP contribution is -2.44. The molecule has 152 valence electrons. The molecule has 6 rings (SSSR count). The molecule has 0 bridgehead atoms. The molecule has 2 aromatic heterocycles. The minimum atomic E-state index is -0.328. The average Bonchev–Trinajstić information content (AvgIpc) is 3.25. The molecule has 1 spiro atoms. The van der Waals surface area contributed by atoms with Crippen LogP contribution in [0.15, 0.2) is 30.6 Å². The minimum absolute atomic E-state index is 0.228. The number of aryl methyl sites for hydroxylation is 2. The van der Waals surface area contributed by atoms with Gasteiger partial charge < -0.3 is 10.3 Å². The Balaban J connectivity index is 1.67. The van der Waals surface area contributed by atoms with Crippen LogP contribution in [0, 0.1) is 25.5 Å². The van der Waals surface area contributed by atoms with E-state index in [1.54, 1.807) is 6.07 Å². The second-order valence-electron chi connectivity index (χ2n) is 8.72. The van der Waals surface area contributed by atoms with Crippen molar-refractivity contribution in [3.63, 3.8) is 0 Å². The summed E-state index contributed by atoms with van der Waals surface area (Å²) in [4.78, 5) is 3.24. The zero-order chi connectivity index (χ0) is 20.8. The third-order valence-electron chi connectivity index (χ3n) is 7.05. The van der Waals surface area contributed by atoms with Gasteiger partial charge in [-0.1, -0.05) is 0 Å². The predicted molar refractivity (Wildman–Crippen MR) is 114 cm³/mol. The van der Waals surface area contributed by atoms with Crippen molar-refractivity contribution in [3.05, 3.63) is 58.9 Å². The SMILES string of the molecule is Cc1c(-c2cc(F)cc3c(C)c[nH]c23)cc(F)c2c1-c1c(cnn1C)C1(CCC1)N2. The van der Waals surface area contributed by atoms with E-state index in [4.69, 9.17) is 0 Å². The van der Waals surface area contributed by atoms with Crippen molar-refractivity contribution in [2.45, 2.75) is 38.6 Å². The van der Waals surface area contributed by atoms with E-state index in [0.29, 0.717) is 16.8 Å². The average molecular weight is 404 g/mol. The van der Waals surface area contributed by atoms with Gasteiger partial charge in [0, 0.05) is 35.3 Å². The van der Waals surface area contributed by atoms with Crippen molar-refractivity contribution < 1.29 is 8.78 Å². The molecule has 2 aliphatic rings. The molecule has 2 N–H and O–H groups in total. The summed E-state index contributed by atoms with van der Waals surface area (Å²) in [5.74, 6) is -0.644. The molecule has 4 aromatic rings. The summed E-state index contributed by atoms with van der Waals surface area (Å²) in [6, 6.07) is 4.55. The molecule has 0 atom stereocenters. The molecule has 4 nitrogen and oxygen atoms in total. The van der Waals surface area contributed by atoms with Gasteiger partial charge in [0.15, 0.2) is 0 Å². The largest absolute Gasteiger partial charge is 0.372 e. The Bertz CT molecular complexity index is 1360. The number of aromatic nitrogens is 3. The predicted octanol–water partition coefficient (Wildman–Crippen LogP) is 5.94. The van der Waals surface area contributed by atoms with Crippen molar-refractivity contribution in [3.8, 4) is 22.4 Å². The lowest BCUT2D eigenvalue weighted by atomic mass is 9.68. The van der Waals surface area contributed by atoms with Gasteiger partial charge in [-0.05, 0) is 68.0 Å². The van der Waals surface area contributed by atoms with E-state index >= 15 is 4.39 Å². The molecule has 0 saturated heterocycles. The number of aromatic amines is 1. The van der Waals surface area contributed by atoms with Gasteiger partial charge in [-0.2, -0.15) is 5.10 Å². The first-order valence-corrected chi connectivity index (χ1v) is 10.3. The van der Waals surface area contributed by atoms with Gasteiger partial charge >= 0.3 is 0 Å². The van der Waals surface area contributed by atoms with Gasteiger partial charge in [0.1, 0.15) is 11.6 Å². The third-order valence-corrected chi connectivity index (χ3v) is 7.05. The molecule has 30 heavy (non-hydrogen) atoms. The lowest BCUT2D eigenvalue weighted by molar-refractivity contribution is 0.282. The van der Waals surface area contributed by atoms with Crippen LogP contribution < -0.4 is 5.32 Å². The molecule has 1 aliphatic carbocycles. The van der Waals surface area contributed by atoms with E-state index in [1.165, 1.54) is 12.1 Å². The smallest absolute Gasteiger partial charge is 0.147 e. The van der Waals surface area contributed by atoms with E-state index < -0.39 is 0 Å². The first-order valence-electron chi connectivity index (χ1n) is 10.3. The van der Waals surface area contributed by atoms with Crippen molar-refractivity contribution in [1.82, 2.24) is 14.8 Å². The maximum absolute atomic E-state index is 15.5. The van der Waals surface area contributed by atoms with Crippen molar-refractivity contribution in [2.24, 2.45) is 7.05 Å². The molecule has 1 saturated carbocycles. The summed E-state index contributed by atoms with van der Waals surface area (Å²) >= 11 is 0. The fraction of sp³-hybridized carbons (Fsp3) is 0.292. The standard InChI is InChI=1S/C24H22F2N4/c1-12-10-27-21-15(12)7-14(25)8-17(21)16-9-19(26)22-20(13(16)2)23-18(11-28-30(23)3)24(29-22)5-4-6-24/h7-11,27,29H,4-6H2,1-3H3. The van der Waals surface area contributed by atoms with Crippen LogP contribution in [0.4, 0.5) is 14.5 Å². The van der Waals surface area contributed by atoms with E-state index in [9.17, 15) is 4.39 Å². The first-order chi connectivity index (χ1) is 14.4. The Hall–Kier alpha value is -3.15. The Morgan fingerprint density at radius 3 is 2.63 bits per heavy atom. The number of fused-ring (bicyclic) bond motifs is 5. The van der Waals surface area contributed by atoms with Gasteiger partial charge in [0.05, 0.1) is 28.6 Å². The summed E-state index contributed by atoms with van der Waals surface area (Å²) in [7, 11) is 1.90. The number of halogens is 2. The number of hydrogen-bond acceptors (Lipinski definition) is 2. The molecule has 0 unspecified atom stereocenters. The molecule has 1 fully saturated rings. The highest BCUT2D eigenvalue weighted by Gasteiger charge is 2.46. The molecule has 3 heterocycles. The Labute approximate surface area is 172 Å². The van der Waals surface area contributed by atoms with Gasteiger partial charge in [-0.15, -0.1) is 0 Å². The monoisotopic (exact) mass is 404 g/mol. The number of H-pyrrole nitrogens is 1. The van der Waals surface area contributed by atoms with Crippen molar-refractivity contribution >= 4 is 16.6 Å². The first kappa shape index (κ1) is 17.7. The third kappa shape index (κ3) is 2.11. The fourth-order valence-corrected chi connectivity index (χ4v) is 5.31. The zero-order valence-corrected chi connectivity index (χ0v) is 17.2. The molecule has 6 heteroatoms. The zero-order valence-electron chi connectivity index (χ0n) is 17.2.